The molecule has 7 nitrogen and oxygen atoms in total. The summed E-state index contributed by atoms with van der Waals surface area (Å²) in [6.45, 7) is 5.46. The number of hydrogen-bond donors (Lipinski definition) is 1. The topological polar surface area (TPSA) is 80.1 Å². The lowest BCUT2D eigenvalue weighted by Crippen LogP contribution is -2.25. The SMILES string of the molecule is C=CCNC(=O)c1cn(CC2CC(=O)N(Cc3ccc(F)cc3)C2)nn1. The fourth-order valence-electron chi connectivity index (χ4n) is 2.95. The van der Waals surface area contributed by atoms with E-state index in [4.69, 9.17) is 0 Å². The van der Waals surface area contributed by atoms with Crippen LogP contribution in [0.1, 0.15) is 22.5 Å². The molecule has 1 N–H and O–H groups in total. The first-order valence-corrected chi connectivity index (χ1v) is 8.36. The van der Waals surface area contributed by atoms with Crippen LogP contribution in [0.5, 0.6) is 0 Å². The quantitative estimate of drug-likeness (QED) is 0.759. The fourth-order valence-corrected chi connectivity index (χ4v) is 2.95. The third kappa shape index (κ3) is 4.33. The molecular weight excluding hydrogens is 337 g/mol. The number of aromatic nitrogens is 3. The summed E-state index contributed by atoms with van der Waals surface area (Å²) in [6.07, 6.45) is 3.58. The molecule has 0 saturated carbocycles. The Morgan fingerprint density at radius 1 is 1.38 bits per heavy atom. The summed E-state index contributed by atoms with van der Waals surface area (Å²) < 4.78 is 14.6. The fraction of sp³-hybridized carbons (Fsp3) is 0.333. The molecule has 1 saturated heterocycles. The second kappa shape index (κ2) is 7.90. The van der Waals surface area contributed by atoms with Crippen molar-refractivity contribution >= 4 is 11.8 Å². The number of hydrogen-bond acceptors (Lipinski definition) is 4. The third-order valence-electron chi connectivity index (χ3n) is 4.20. The van der Waals surface area contributed by atoms with Crippen molar-refractivity contribution in [3.8, 4) is 0 Å². The predicted molar refractivity (Wildman–Crippen MR) is 92.5 cm³/mol. The van der Waals surface area contributed by atoms with Crippen molar-refractivity contribution in [2.24, 2.45) is 5.92 Å². The van der Waals surface area contributed by atoms with Crippen LogP contribution in [-0.4, -0.2) is 44.8 Å². The number of likely N-dealkylation sites (tertiary alicyclic amines) is 1. The van der Waals surface area contributed by atoms with Crippen LogP contribution in [0.25, 0.3) is 0 Å². The first kappa shape index (κ1) is 17.8. The van der Waals surface area contributed by atoms with Gasteiger partial charge in [-0.05, 0) is 17.7 Å². The first-order valence-electron chi connectivity index (χ1n) is 8.36. The van der Waals surface area contributed by atoms with E-state index >= 15 is 0 Å². The maximum atomic E-state index is 13.0. The highest BCUT2D eigenvalue weighted by molar-refractivity contribution is 5.91. The standard InChI is InChI=1S/C18H20FN5O2/c1-2-7-20-18(26)16-12-24(22-21-16)11-14-8-17(25)23(10-14)9-13-3-5-15(19)6-4-13/h2-6,12,14H,1,7-11H2,(H,20,26). The molecule has 0 bridgehead atoms. The Morgan fingerprint density at radius 2 is 2.15 bits per heavy atom. The van der Waals surface area contributed by atoms with E-state index in [-0.39, 0.29) is 29.2 Å². The minimum atomic E-state index is -0.309. The van der Waals surface area contributed by atoms with Gasteiger partial charge in [0.2, 0.25) is 5.91 Å². The molecule has 3 rings (SSSR count). The van der Waals surface area contributed by atoms with Crippen LogP contribution >= 0.6 is 0 Å². The monoisotopic (exact) mass is 357 g/mol. The number of benzene rings is 1. The molecule has 1 aromatic carbocycles. The number of nitrogens with one attached hydrogen (secondary N) is 1. The minimum absolute atomic E-state index is 0.0587. The van der Waals surface area contributed by atoms with E-state index in [9.17, 15) is 14.0 Å². The van der Waals surface area contributed by atoms with Gasteiger partial charge in [0.1, 0.15) is 5.82 Å². The molecular formula is C18H20FN5O2. The van der Waals surface area contributed by atoms with Gasteiger partial charge in [-0.3, -0.25) is 14.3 Å². The van der Waals surface area contributed by atoms with Crippen molar-refractivity contribution in [2.75, 3.05) is 13.1 Å². The van der Waals surface area contributed by atoms with Crippen molar-refractivity contribution in [3.63, 3.8) is 0 Å². The summed E-state index contributed by atoms with van der Waals surface area (Å²) in [5.41, 5.74) is 1.13. The van der Waals surface area contributed by atoms with Gasteiger partial charge < -0.3 is 10.2 Å². The number of carbonyl (C=O) groups is 2. The van der Waals surface area contributed by atoms with E-state index in [1.807, 2.05) is 0 Å². The van der Waals surface area contributed by atoms with Gasteiger partial charge in [-0.15, -0.1) is 11.7 Å². The van der Waals surface area contributed by atoms with Crippen LogP contribution in [-0.2, 0) is 17.9 Å². The molecule has 1 aliphatic rings. The maximum Gasteiger partial charge on any atom is 0.273 e. The third-order valence-corrected chi connectivity index (χ3v) is 4.20. The molecule has 26 heavy (non-hydrogen) atoms. The average Bonchev–Trinajstić information content (AvgIpc) is 3.22. The molecule has 0 radical (unpaired) electrons. The average molecular weight is 357 g/mol. The van der Waals surface area contributed by atoms with Gasteiger partial charge in [0.25, 0.3) is 5.91 Å². The molecule has 1 fully saturated rings. The van der Waals surface area contributed by atoms with Crippen molar-refractivity contribution in [3.05, 3.63) is 60.2 Å². The zero-order valence-electron chi connectivity index (χ0n) is 14.3. The van der Waals surface area contributed by atoms with Crippen molar-refractivity contribution < 1.29 is 14.0 Å². The van der Waals surface area contributed by atoms with Crippen molar-refractivity contribution in [1.29, 1.82) is 0 Å². The van der Waals surface area contributed by atoms with Gasteiger partial charge in [-0.1, -0.05) is 23.4 Å². The zero-order valence-corrected chi connectivity index (χ0v) is 14.3. The first-order chi connectivity index (χ1) is 12.5. The molecule has 2 amide bonds. The van der Waals surface area contributed by atoms with Crippen LogP contribution in [0, 0.1) is 11.7 Å². The van der Waals surface area contributed by atoms with Gasteiger partial charge in [0.05, 0.1) is 6.20 Å². The molecule has 0 aliphatic carbocycles. The molecule has 0 spiro atoms. The highest BCUT2D eigenvalue weighted by atomic mass is 19.1. The van der Waals surface area contributed by atoms with Crippen LogP contribution in [0.2, 0.25) is 0 Å². The van der Waals surface area contributed by atoms with Crippen molar-refractivity contribution in [2.45, 2.75) is 19.5 Å². The number of halogens is 1. The van der Waals surface area contributed by atoms with E-state index in [1.54, 1.807) is 34.0 Å². The molecule has 2 heterocycles. The van der Waals surface area contributed by atoms with Gasteiger partial charge in [-0.2, -0.15) is 0 Å². The van der Waals surface area contributed by atoms with Crippen LogP contribution in [0.4, 0.5) is 4.39 Å². The number of rotatable bonds is 7. The lowest BCUT2D eigenvalue weighted by atomic mass is 10.1. The van der Waals surface area contributed by atoms with Gasteiger partial charge in [-0.25, -0.2) is 4.39 Å². The van der Waals surface area contributed by atoms with E-state index < -0.39 is 0 Å². The molecule has 1 aliphatic heterocycles. The maximum absolute atomic E-state index is 13.0. The summed E-state index contributed by atoms with van der Waals surface area (Å²) in [4.78, 5) is 25.8. The second-order valence-electron chi connectivity index (χ2n) is 6.30. The van der Waals surface area contributed by atoms with Gasteiger partial charge in [0.15, 0.2) is 5.69 Å². The molecule has 1 aromatic heterocycles. The van der Waals surface area contributed by atoms with Crippen LogP contribution in [0.3, 0.4) is 0 Å². The van der Waals surface area contributed by atoms with Gasteiger partial charge >= 0.3 is 0 Å². The Morgan fingerprint density at radius 3 is 2.88 bits per heavy atom. The van der Waals surface area contributed by atoms with E-state index in [1.165, 1.54) is 12.1 Å². The van der Waals surface area contributed by atoms with E-state index in [0.29, 0.717) is 32.6 Å². The summed E-state index contributed by atoms with van der Waals surface area (Å²) in [5, 5.41) is 10.5. The summed E-state index contributed by atoms with van der Waals surface area (Å²) in [7, 11) is 0. The molecule has 8 heteroatoms. The molecule has 1 unspecified atom stereocenters. The van der Waals surface area contributed by atoms with Crippen LogP contribution in [0.15, 0.2) is 43.1 Å². The normalized spacial score (nSPS) is 16.7. The molecule has 1 atom stereocenters. The Labute approximate surface area is 150 Å². The van der Waals surface area contributed by atoms with Gasteiger partial charge in [0, 0.05) is 38.5 Å². The Hall–Kier alpha value is -3.03. The lowest BCUT2D eigenvalue weighted by Gasteiger charge is -2.16. The molecule has 136 valence electrons. The highest BCUT2D eigenvalue weighted by Gasteiger charge is 2.30. The zero-order chi connectivity index (χ0) is 18.5. The van der Waals surface area contributed by atoms with E-state index in [0.717, 1.165) is 5.56 Å². The molecule has 2 aromatic rings. The summed E-state index contributed by atoms with van der Waals surface area (Å²) in [6, 6.07) is 6.15. The number of amides is 2. The van der Waals surface area contributed by atoms with Crippen molar-refractivity contribution in [1.82, 2.24) is 25.2 Å². The second-order valence-corrected chi connectivity index (χ2v) is 6.30. The predicted octanol–water partition coefficient (Wildman–Crippen LogP) is 1.38. The highest BCUT2D eigenvalue weighted by Crippen LogP contribution is 2.21. The largest absolute Gasteiger partial charge is 0.347 e. The Bertz CT molecular complexity index is 802. The minimum Gasteiger partial charge on any atom is -0.347 e. The smallest absolute Gasteiger partial charge is 0.273 e. The summed E-state index contributed by atoms with van der Waals surface area (Å²) >= 11 is 0. The summed E-state index contributed by atoms with van der Waals surface area (Å²) in [5.74, 6) is -0.452. The number of nitrogens with zero attached hydrogens (tertiary/aromatic N) is 4. The number of carbonyl (C=O) groups excluding carboxylic acids is 2. The van der Waals surface area contributed by atoms with E-state index in [2.05, 4.69) is 22.2 Å². The lowest BCUT2D eigenvalue weighted by molar-refractivity contribution is -0.128. The Kier molecular flexibility index (Phi) is 5.40. The Balaban J connectivity index is 1.55. The van der Waals surface area contributed by atoms with Crippen LogP contribution < -0.4 is 5.32 Å².